The van der Waals surface area contributed by atoms with E-state index in [0.717, 1.165) is 12.5 Å². The van der Waals surface area contributed by atoms with Crippen LogP contribution in [0.5, 0.6) is 0 Å². The van der Waals surface area contributed by atoms with Crippen molar-refractivity contribution in [1.82, 2.24) is 5.32 Å². The van der Waals surface area contributed by atoms with Crippen LogP contribution in [0.1, 0.15) is 82.9 Å². The molecule has 112 valence electrons. The fourth-order valence-corrected chi connectivity index (χ4v) is 3.04. The van der Waals surface area contributed by atoms with Crippen molar-refractivity contribution < 1.29 is 0 Å². The second-order valence-electron chi connectivity index (χ2n) is 7.02. The lowest BCUT2D eigenvalue weighted by Crippen LogP contribution is -2.34. The Morgan fingerprint density at radius 3 is 2.25 bits per heavy atom. The number of nitrogens with one attached hydrogen (secondary N) is 1. The molecule has 1 nitrogen and oxygen atoms in total. The van der Waals surface area contributed by atoms with E-state index in [2.05, 4.69) is 57.3 Å². The Morgan fingerprint density at radius 2 is 1.80 bits per heavy atom. The van der Waals surface area contributed by atoms with E-state index in [1.54, 1.807) is 5.56 Å². The van der Waals surface area contributed by atoms with E-state index in [0.29, 0.717) is 11.5 Å². The molecule has 1 aromatic rings. The zero-order chi connectivity index (χ0) is 14.6. The molecule has 0 amide bonds. The van der Waals surface area contributed by atoms with E-state index in [1.165, 1.54) is 37.7 Å². The van der Waals surface area contributed by atoms with Gasteiger partial charge in [0.05, 0.1) is 0 Å². The normalized spacial score (nSPS) is 17.8. The maximum atomic E-state index is 3.75. The van der Waals surface area contributed by atoms with Gasteiger partial charge in [-0.15, -0.1) is 0 Å². The van der Waals surface area contributed by atoms with Crippen LogP contribution >= 0.6 is 0 Å². The van der Waals surface area contributed by atoms with Crippen LogP contribution in [0.3, 0.4) is 0 Å². The minimum absolute atomic E-state index is 0.299. The molecule has 0 heterocycles. The highest BCUT2D eigenvalue weighted by Gasteiger charge is 2.29. The summed E-state index contributed by atoms with van der Waals surface area (Å²) in [6.45, 7) is 10.4. The molecule has 1 saturated carbocycles. The highest BCUT2D eigenvalue weighted by Crippen LogP contribution is 2.39. The Bertz CT molecular complexity index is 400. The molecule has 1 unspecified atom stereocenters. The minimum atomic E-state index is 0.299. The highest BCUT2D eigenvalue weighted by atomic mass is 14.9. The first-order valence-corrected chi connectivity index (χ1v) is 8.41. The summed E-state index contributed by atoms with van der Waals surface area (Å²) in [5.41, 5.74) is 3.30. The zero-order valence-corrected chi connectivity index (χ0v) is 13.7. The quantitative estimate of drug-likeness (QED) is 0.698. The molecule has 1 aromatic carbocycles. The molecule has 1 atom stereocenters. The minimum Gasteiger partial charge on any atom is -0.309 e. The van der Waals surface area contributed by atoms with Crippen molar-refractivity contribution in [2.75, 3.05) is 6.54 Å². The predicted octanol–water partition coefficient (Wildman–Crippen LogP) is 5.43. The third-order valence-corrected chi connectivity index (χ3v) is 5.14. The molecule has 0 aliphatic heterocycles. The van der Waals surface area contributed by atoms with Crippen molar-refractivity contribution in [3.8, 4) is 0 Å². The molecule has 2 rings (SSSR count). The van der Waals surface area contributed by atoms with Gasteiger partial charge in [-0.1, -0.05) is 58.4 Å². The molecular weight excluding hydrogens is 242 g/mol. The number of hydrogen-bond donors (Lipinski definition) is 1. The van der Waals surface area contributed by atoms with Gasteiger partial charge in [-0.05, 0) is 54.7 Å². The third kappa shape index (κ3) is 3.44. The Labute approximate surface area is 125 Å². The topological polar surface area (TPSA) is 12.0 Å². The largest absolute Gasteiger partial charge is 0.309 e. The first kappa shape index (κ1) is 15.6. The summed E-state index contributed by atoms with van der Waals surface area (Å²) < 4.78 is 0. The molecule has 1 aliphatic rings. The van der Waals surface area contributed by atoms with Gasteiger partial charge in [-0.2, -0.15) is 0 Å². The first-order valence-electron chi connectivity index (χ1n) is 8.41. The molecule has 1 fully saturated rings. The smallest absolute Gasteiger partial charge is 0.0371 e. The lowest BCUT2D eigenvalue weighted by atomic mass is 9.76. The van der Waals surface area contributed by atoms with Gasteiger partial charge in [0.1, 0.15) is 0 Å². The molecule has 1 aliphatic carbocycles. The van der Waals surface area contributed by atoms with Gasteiger partial charge in [0, 0.05) is 6.04 Å². The van der Waals surface area contributed by atoms with Crippen LogP contribution in [0.25, 0.3) is 0 Å². The molecule has 1 N–H and O–H groups in total. The van der Waals surface area contributed by atoms with E-state index >= 15 is 0 Å². The van der Waals surface area contributed by atoms with Gasteiger partial charge < -0.3 is 5.32 Å². The monoisotopic (exact) mass is 273 g/mol. The summed E-state index contributed by atoms with van der Waals surface area (Å²) in [7, 11) is 0. The van der Waals surface area contributed by atoms with E-state index in [-0.39, 0.29) is 0 Å². The van der Waals surface area contributed by atoms with Crippen molar-refractivity contribution >= 4 is 0 Å². The summed E-state index contributed by atoms with van der Waals surface area (Å²) in [4.78, 5) is 0. The maximum absolute atomic E-state index is 3.75. The summed E-state index contributed by atoms with van der Waals surface area (Å²) in [5, 5.41) is 3.75. The highest BCUT2D eigenvalue weighted by molar-refractivity contribution is 5.29. The fraction of sp³-hybridized carbons (Fsp3) is 0.684. The van der Waals surface area contributed by atoms with E-state index < -0.39 is 0 Å². The molecule has 0 aromatic heterocycles. The van der Waals surface area contributed by atoms with Gasteiger partial charge in [0.15, 0.2) is 0 Å². The van der Waals surface area contributed by atoms with Crippen molar-refractivity contribution in [3.63, 3.8) is 0 Å². The van der Waals surface area contributed by atoms with Crippen LogP contribution in [-0.2, 0) is 0 Å². The SMILES string of the molecule is CCCNC(c1ccc(C2CCC2)cc1)C(C)(C)CC. The molecule has 0 spiro atoms. The summed E-state index contributed by atoms with van der Waals surface area (Å²) >= 11 is 0. The van der Waals surface area contributed by atoms with Crippen molar-refractivity contribution in [2.24, 2.45) is 5.41 Å². The first-order chi connectivity index (χ1) is 9.58. The average molecular weight is 273 g/mol. The van der Waals surface area contributed by atoms with Crippen LogP contribution in [0.15, 0.2) is 24.3 Å². The molecule has 0 saturated heterocycles. The predicted molar refractivity (Wildman–Crippen MR) is 88.1 cm³/mol. The van der Waals surface area contributed by atoms with Crippen molar-refractivity contribution in [2.45, 2.75) is 71.8 Å². The molecule has 0 bridgehead atoms. The van der Waals surface area contributed by atoms with Crippen LogP contribution in [0.4, 0.5) is 0 Å². The molecule has 0 radical (unpaired) electrons. The Morgan fingerprint density at radius 1 is 1.15 bits per heavy atom. The average Bonchev–Trinajstić information content (AvgIpc) is 2.39. The fourth-order valence-electron chi connectivity index (χ4n) is 3.04. The van der Waals surface area contributed by atoms with Crippen LogP contribution < -0.4 is 5.32 Å². The second kappa shape index (κ2) is 6.76. The standard InChI is InChI=1S/C19H31N/c1-5-14-20-18(19(3,4)6-2)17-12-10-16(11-13-17)15-8-7-9-15/h10-13,15,18,20H,5-9,14H2,1-4H3. The van der Waals surface area contributed by atoms with Gasteiger partial charge in [-0.3, -0.25) is 0 Å². The van der Waals surface area contributed by atoms with E-state index in [1.807, 2.05) is 0 Å². The van der Waals surface area contributed by atoms with Crippen molar-refractivity contribution in [3.05, 3.63) is 35.4 Å². The maximum Gasteiger partial charge on any atom is 0.0371 e. The number of rotatable bonds is 7. The lowest BCUT2D eigenvalue weighted by molar-refractivity contribution is 0.234. The van der Waals surface area contributed by atoms with Crippen LogP contribution in [0, 0.1) is 5.41 Å². The van der Waals surface area contributed by atoms with Gasteiger partial charge in [0.2, 0.25) is 0 Å². The molecule has 20 heavy (non-hydrogen) atoms. The van der Waals surface area contributed by atoms with Crippen molar-refractivity contribution in [1.29, 1.82) is 0 Å². The summed E-state index contributed by atoms with van der Waals surface area (Å²) in [6.07, 6.45) is 6.57. The number of hydrogen-bond acceptors (Lipinski definition) is 1. The van der Waals surface area contributed by atoms with Gasteiger partial charge >= 0.3 is 0 Å². The second-order valence-corrected chi connectivity index (χ2v) is 7.02. The van der Waals surface area contributed by atoms with Crippen LogP contribution in [-0.4, -0.2) is 6.54 Å². The molecular formula is C19H31N. The third-order valence-electron chi connectivity index (χ3n) is 5.14. The Balaban J connectivity index is 2.14. The van der Waals surface area contributed by atoms with E-state index in [9.17, 15) is 0 Å². The summed E-state index contributed by atoms with van der Waals surface area (Å²) in [5.74, 6) is 0.838. The summed E-state index contributed by atoms with van der Waals surface area (Å²) in [6, 6.07) is 9.91. The van der Waals surface area contributed by atoms with E-state index in [4.69, 9.17) is 0 Å². The van der Waals surface area contributed by atoms with Gasteiger partial charge in [0.25, 0.3) is 0 Å². The van der Waals surface area contributed by atoms with Gasteiger partial charge in [-0.25, -0.2) is 0 Å². The lowest BCUT2D eigenvalue weighted by Gasteiger charge is -2.35. The zero-order valence-electron chi connectivity index (χ0n) is 13.7. The number of benzene rings is 1. The Hall–Kier alpha value is -0.820. The van der Waals surface area contributed by atoms with Crippen LogP contribution in [0.2, 0.25) is 0 Å². The Kier molecular flexibility index (Phi) is 5.26. The molecule has 1 heteroatoms.